The molecule has 3 nitrogen and oxygen atoms in total. The van der Waals surface area contributed by atoms with Crippen LogP contribution in [0.25, 0.3) is 0 Å². The second-order valence-corrected chi connectivity index (χ2v) is 3.63. The highest BCUT2D eigenvalue weighted by molar-refractivity contribution is 5.28. The Morgan fingerprint density at radius 2 is 1.94 bits per heavy atom. The number of aliphatic hydroxyl groups excluding tert-OH is 1. The summed E-state index contributed by atoms with van der Waals surface area (Å²) in [6.07, 6.45) is 5.06. The van der Waals surface area contributed by atoms with Gasteiger partial charge in [0.1, 0.15) is 6.10 Å². The summed E-state index contributed by atoms with van der Waals surface area (Å²) in [7, 11) is 0. The molecule has 0 fully saturated rings. The third kappa shape index (κ3) is 2.25. The minimum Gasteiger partial charge on any atom is -0.382 e. The number of hydrogen-bond donors (Lipinski definition) is 1. The van der Waals surface area contributed by atoms with E-state index in [1.807, 2.05) is 24.3 Å². The van der Waals surface area contributed by atoms with Crippen LogP contribution in [0, 0.1) is 0 Å². The van der Waals surface area contributed by atoms with Gasteiger partial charge in [-0.25, -0.2) is 0 Å². The van der Waals surface area contributed by atoms with E-state index < -0.39 is 6.10 Å². The summed E-state index contributed by atoms with van der Waals surface area (Å²) < 4.78 is 0. The Balaban J connectivity index is 2.24. The van der Waals surface area contributed by atoms with Crippen molar-refractivity contribution in [2.24, 2.45) is 0 Å². The number of benzene rings is 1. The largest absolute Gasteiger partial charge is 0.382 e. The van der Waals surface area contributed by atoms with E-state index in [4.69, 9.17) is 0 Å². The normalized spacial score (nSPS) is 12.4. The first-order valence-corrected chi connectivity index (χ1v) is 5.34. The maximum absolute atomic E-state index is 10.1. The van der Waals surface area contributed by atoms with Gasteiger partial charge in [0.25, 0.3) is 0 Å². The van der Waals surface area contributed by atoms with Gasteiger partial charge < -0.3 is 5.11 Å². The van der Waals surface area contributed by atoms with Crippen molar-refractivity contribution in [2.45, 2.75) is 19.4 Å². The molecule has 0 saturated heterocycles. The summed E-state index contributed by atoms with van der Waals surface area (Å²) in [5.41, 5.74) is 2.68. The van der Waals surface area contributed by atoms with E-state index >= 15 is 0 Å². The van der Waals surface area contributed by atoms with Crippen molar-refractivity contribution < 1.29 is 5.11 Å². The lowest BCUT2D eigenvalue weighted by molar-refractivity contribution is 0.215. The van der Waals surface area contributed by atoms with Crippen LogP contribution in [0.4, 0.5) is 0 Å². The van der Waals surface area contributed by atoms with E-state index in [0.717, 1.165) is 12.0 Å². The van der Waals surface area contributed by atoms with Crippen LogP contribution in [0.3, 0.4) is 0 Å². The van der Waals surface area contributed by atoms with Crippen LogP contribution in [-0.4, -0.2) is 15.1 Å². The average molecular weight is 214 g/mol. The smallest absolute Gasteiger partial charge is 0.123 e. The first-order valence-electron chi connectivity index (χ1n) is 5.34. The summed E-state index contributed by atoms with van der Waals surface area (Å²) in [6.45, 7) is 2.11. The Hall–Kier alpha value is -1.74. The van der Waals surface area contributed by atoms with Crippen molar-refractivity contribution in [3.8, 4) is 0 Å². The monoisotopic (exact) mass is 214 g/mol. The predicted molar refractivity (Wildman–Crippen MR) is 61.9 cm³/mol. The van der Waals surface area contributed by atoms with Gasteiger partial charge in [-0.15, -0.1) is 0 Å². The lowest BCUT2D eigenvalue weighted by atomic mass is 10.0. The first kappa shape index (κ1) is 10.8. The molecule has 0 radical (unpaired) electrons. The maximum atomic E-state index is 10.1. The Morgan fingerprint density at radius 1 is 1.19 bits per heavy atom. The number of aryl methyl sites for hydroxylation is 1. The Morgan fingerprint density at radius 3 is 2.50 bits per heavy atom. The molecule has 2 rings (SSSR count). The Bertz CT molecular complexity index is 439. The van der Waals surface area contributed by atoms with Crippen LogP contribution in [0.1, 0.15) is 29.8 Å². The molecule has 3 heteroatoms. The molecule has 0 saturated carbocycles. The highest BCUT2D eigenvalue weighted by atomic mass is 16.3. The van der Waals surface area contributed by atoms with Gasteiger partial charge in [0.15, 0.2) is 0 Å². The van der Waals surface area contributed by atoms with Crippen LogP contribution >= 0.6 is 0 Å². The van der Waals surface area contributed by atoms with Gasteiger partial charge >= 0.3 is 0 Å². The molecule has 0 amide bonds. The molecule has 0 aliphatic carbocycles. The fraction of sp³-hybridized carbons (Fsp3) is 0.231. The van der Waals surface area contributed by atoms with Crippen LogP contribution in [-0.2, 0) is 6.42 Å². The quantitative estimate of drug-likeness (QED) is 0.851. The van der Waals surface area contributed by atoms with Crippen molar-refractivity contribution >= 4 is 0 Å². The molecule has 1 heterocycles. The van der Waals surface area contributed by atoms with E-state index in [-0.39, 0.29) is 0 Å². The Labute approximate surface area is 94.8 Å². The molecule has 82 valence electrons. The summed E-state index contributed by atoms with van der Waals surface area (Å²) in [5.74, 6) is 0. The molecule has 1 aromatic carbocycles. The topological polar surface area (TPSA) is 46.0 Å². The fourth-order valence-corrected chi connectivity index (χ4v) is 1.56. The molecule has 1 aromatic heterocycles. The second kappa shape index (κ2) is 4.86. The Kier molecular flexibility index (Phi) is 3.27. The zero-order chi connectivity index (χ0) is 11.4. The average Bonchev–Trinajstić information content (AvgIpc) is 2.39. The van der Waals surface area contributed by atoms with Gasteiger partial charge in [0.05, 0.1) is 11.9 Å². The van der Waals surface area contributed by atoms with Crippen molar-refractivity contribution in [1.82, 2.24) is 9.97 Å². The molecular weight excluding hydrogens is 200 g/mol. The SMILES string of the molecule is CCc1ccc(C(O)c2cnccn2)cc1. The third-order valence-corrected chi connectivity index (χ3v) is 2.57. The maximum Gasteiger partial charge on any atom is 0.123 e. The van der Waals surface area contributed by atoms with Gasteiger partial charge in [-0.3, -0.25) is 9.97 Å². The first-order chi connectivity index (χ1) is 7.81. The van der Waals surface area contributed by atoms with Crippen molar-refractivity contribution in [2.75, 3.05) is 0 Å². The zero-order valence-electron chi connectivity index (χ0n) is 9.17. The van der Waals surface area contributed by atoms with E-state index in [1.54, 1.807) is 18.6 Å². The van der Waals surface area contributed by atoms with Crippen molar-refractivity contribution in [3.05, 3.63) is 59.7 Å². The van der Waals surface area contributed by atoms with E-state index in [0.29, 0.717) is 5.69 Å². The summed E-state index contributed by atoms with van der Waals surface area (Å²) in [4.78, 5) is 8.03. The summed E-state index contributed by atoms with van der Waals surface area (Å²) in [5, 5.41) is 10.1. The number of nitrogens with zero attached hydrogens (tertiary/aromatic N) is 2. The number of hydrogen-bond acceptors (Lipinski definition) is 3. The molecule has 2 aromatic rings. The van der Waals surface area contributed by atoms with E-state index in [2.05, 4.69) is 16.9 Å². The van der Waals surface area contributed by atoms with Crippen molar-refractivity contribution in [3.63, 3.8) is 0 Å². The van der Waals surface area contributed by atoms with Crippen LogP contribution in [0.15, 0.2) is 42.9 Å². The second-order valence-electron chi connectivity index (χ2n) is 3.63. The molecule has 16 heavy (non-hydrogen) atoms. The van der Waals surface area contributed by atoms with Gasteiger partial charge in [-0.2, -0.15) is 0 Å². The minimum absolute atomic E-state index is 0.576. The number of aliphatic hydroxyl groups is 1. The molecule has 0 spiro atoms. The summed E-state index contributed by atoms with van der Waals surface area (Å²) >= 11 is 0. The molecule has 1 N–H and O–H groups in total. The predicted octanol–water partition coefficient (Wildman–Crippen LogP) is 2.12. The van der Waals surface area contributed by atoms with Crippen LogP contribution in [0.2, 0.25) is 0 Å². The van der Waals surface area contributed by atoms with Gasteiger partial charge in [-0.05, 0) is 17.5 Å². The highest BCUT2D eigenvalue weighted by Gasteiger charge is 2.11. The minimum atomic E-state index is -0.695. The molecule has 0 aliphatic rings. The van der Waals surface area contributed by atoms with Gasteiger partial charge in [-0.1, -0.05) is 31.2 Å². The molecular formula is C13H14N2O. The molecule has 1 unspecified atom stereocenters. The molecule has 1 atom stereocenters. The lowest BCUT2D eigenvalue weighted by Crippen LogP contribution is -2.02. The van der Waals surface area contributed by atoms with E-state index in [9.17, 15) is 5.11 Å². The molecule has 0 aliphatic heterocycles. The third-order valence-electron chi connectivity index (χ3n) is 2.57. The highest BCUT2D eigenvalue weighted by Crippen LogP contribution is 2.19. The number of rotatable bonds is 3. The van der Waals surface area contributed by atoms with Gasteiger partial charge in [0.2, 0.25) is 0 Å². The van der Waals surface area contributed by atoms with Crippen molar-refractivity contribution in [1.29, 1.82) is 0 Å². The lowest BCUT2D eigenvalue weighted by Gasteiger charge is -2.10. The van der Waals surface area contributed by atoms with Crippen LogP contribution in [0.5, 0.6) is 0 Å². The standard InChI is InChI=1S/C13H14N2O/c1-2-10-3-5-11(6-4-10)13(16)12-9-14-7-8-15-12/h3-9,13,16H,2H2,1H3. The number of aromatic nitrogens is 2. The fourth-order valence-electron chi connectivity index (χ4n) is 1.56. The summed E-state index contributed by atoms with van der Waals surface area (Å²) in [6, 6.07) is 7.90. The molecule has 0 bridgehead atoms. The van der Waals surface area contributed by atoms with Gasteiger partial charge in [0, 0.05) is 12.4 Å². The van der Waals surface area contributed by atoms with Crippen LogP contribution < -0.4 is 0 Å². The van der Waals surface area contributed by atoms with E-state index in [1.165, 1.54) is 5.56 Å². The zero-order valence-corrected chi connectivity index (χ0v) is 9.17.